The van der Waals surface area contributed by atoms with Crippen molar-refractivity contribution in [2.75, 3.05) is 32.8 Å². The summed E-state index contributed by atoms with van der Waals surface area (Å²) in [6.07, 6.45) is 0. The number of hydrogen-bond acceptors (Lipinski definition) is 2. The van der Waals surface area contributed by atoms with Crippen LogP contribution in [0.2, 0.25) is 0 Å². The summed E-state index contributed by atoms with van der Waals surface area (Å²) in [7, 11) is 0. The largest absolute Gasteiger partial charge is 0.462 e. The highest BCUT2D eigenvalue weighted by Gasteiger charge is 2.28. The molecule has 3 N–H and O–H groups in total. The molecule has 76 valence electrons. The van der Waals surface area contributed by atoms with Crippen molar-refractivity contribution in [2.24, 2.45) is 0 Å². The number of rotatable bonds is 3. The number of esters is 1. The molecule has 0 aromatic heterocycles. The predicted molar refractivity (Wildman–Crippen MR) is 48.5 cm³/mol. The highest BCUT2D eigenvalue weighted by atomic mass is 16.5. The van der Waals surface area contributed by atoms with E-state index in [1.807, 2.05) is 13.8 Å². The van der Waals surface area contributed by atoms with Crippen molar-refractivity contribution in [1.29, 1.82) is 0 Å². The van der Waals surface area contributed by atoms with E-state index in [-0.39, 0.29) is 12.0 Å². The van der Waals surface area contributed by atoms with Crippen LogP contribution in [-0.4, -0.2) is 44.8 Å². The van der Waals surface area contributed by atoms with E-state index in [1.54, 1.807) is 0 Å². The molecule has 1 aliphatic rings. The van der Waals surface area contributed by atoms with Crippen molar-refractivity contribution in [1.82, 2.24) is 0 Å². The first kappa shape index (κ1) is 10.5. The van der Waals surface area contributed by atoms with Crippen LogP contribution in [0.5, 0.6) is 0 Å². The Labute approximate surface area is 79.2 Å². The topological polar surface area (TPSA) is 47.4 Å². The Bertz CT molecular complexity index is 167. The summed E-state index contributed by atoms with van der Waals surface area (Å²) in [6, 6.07) is 0.00801. The maximum absolute atomic E-state index is 11.4. The van der Waals surface area contributed by atoms with Crippen molar-refractivity contribution < 1.29 is 19.7 Å². The SMILES string of the molecule is CCOC(=O)C(C)[NH+]1CC[NH2+]CC1. The number of ether oxygens (including phenoxy) is 1. The Hall–Kier alpha value is -0.610. The third-order valence-electron chi connectivity index (χ3n) is 2.59. The standard InChI is InChI=1S/C9H18N2O2/c1-3-13-9(12)8(2)11-6-4-10-5-7-11/h8,10H,3-7H2,1-2H3/p+2. The van der Waals surface area contributed by atoms with Gasteiger partial charge in [0.25, 0.3) is 0 Å². The maximum atomic E-state index is 11.4. The Morgan fingerprint density at radius 1 is 1.54 bits per heavy atom. The number of quaternary nitrogens is 2. The van der Waals surface area contributed by atoms with Crippen molar-refractivity contribution in [2.45, 2.75) is 19.9 Å². The van der Waals surface area contributed by atoms with E-state index in [1.165, 1.54) is 4.90 Å². The van der Waals surface area contributed by atoms with E-state index >= 15 is 0 Å². The molecular weight excluding hydrogens is 168 g/mol. The highest BCUT2D eigenvalue weighted by molar-refractivity contribution is 5.73. The molecule has 1 heterocycles. The van der Waals surface area contributed by atoms with E-state index in [2.05, 4.69) is 5.32 Å². The number of carbonyl (C=O) groups is 1. The van der Waals surface area contributed by atoms with Gasteiger partial charge in [0.2, 0.25) is 0 Å². The third-order valence-corrected chi connectivity index (χ3v) is 2.59. The van der Waals surface area contributed by atoms with Crippen LogP contribution in [0.25, 0.3) is 0 Å². The second-order valence-electron chi connectivity index (χ2n) is 3.50. The number of nitrogens with one attached hydrogen (secondary N) is 1. The van der Waals surface area contributed by atoms with Gasteiger partial charge in [-0.3, -0.25) is 0 Å². The first-order valence-electron chi connectivity index (χ1n) is 5.08. The van der Waals surface area contributed by atoms with E-state index in [4.69, 9.17) is 4.74 Å². The van der Waals surface area contributed by atoms with E-state index in [0.717, 1.165) is 26.2 Å². The van der Waals surface area contributed by atoms with E-state index in [0.29, 0.717) is 6.61 Å². The van der Waals surface area contributed by atoms with Gasteiger partial charge in [-0.1, -0.05) is 0 Å². The normalized spacial score (nSPS) is 21.1. The smallest absolute Gasteiger partial charge is 0.364 e. The minimum atomic E-state index is -0.0561. The molecule has 13 heavy (non-hydrogen) atoms. The summed E-state index contributed by atoms with van der Waals surface area (Å²) in [4.78, 5) is 12.8. The molecule has 1 aliphatic heterocycles. The fourth-order valence-electron chi connectivity index (χ4n) is 1.71. The van der Waals surface area contributed by atoms with Gasteiger partial charge in [0.15, 0.2) is 6.04 Å². The average molecular weight is 188 g/mol. The quantitative estimate of drug-likeness (QED) is 0.477. The molecule has 0 aromatic rings. The van der Waals surface area contributed by atoms with Gasteiger partial charge in [-0.25, -0.2) is 4.79 Å². The molecule has 0 aromatic carbocycles. The predicted octanol–water partition coefficient (Wildman–Crippen LogP) is -2.60. The van der Waals surface area contributed by atoms with Crippen LogP contribution in [0.3, 0.4) is 0 Å². The van der Waals surface area contributed by atoms with Gasteiger partial charge in [-0.2, -0.15) is 0 Å². The highest BCUT2D eigenvalue weighted by Crippen LogP contribution is 1.83. The van der Waals surface area contributed by atoms with E-state index in [9.17, 15) is 4.79 Å². The summed E-state index contributed by atoms with van der Waals surface area (Å²) in [5.74, 6) is -0.0561. The molecule has 1 atom stereocenters. The first-order chi connectivity index (χ1) is 6.25. The molecule has 1 saturated heterocycles. The number of nitrogens with two attached hydrogens (primary N) is 1. The van der Waals surface area contributed by atoms with Crippen LogP contribution in [0.1, 0.15) is 13.8 Å². The minimum absolute atomic E-state index is 0.00801. The van der Waals surface area contributed by atoms with Crippen molar-refractivity contribution >= 4 is 5.97 Å². The number of hydrogen-bond donors (Lipinski definition) is 2. The molecule has 0 spiro atoms. The van der Waals surface area contributed by atoms with Crippen molar-refractivity contribution in [3.05, 3.63) is 0 Å². The molecule has 4 nitrogen and oxygen atoms in total. The van der Waals surface area contributed by atoms with Gasteiger partial charge in [0, 0.05) is 0 Å². The summed E-state index contributed by atoms with van der Waals surface area (Å²) < 4.78 is 4.99. The Morgan fingerprint density at radius 3 is 2.69 bits per heavy atom. The van der Waals surface area contributed by atoms with Crippen LogP contribution < -0.4 is 10.2 Å². The van der Waals surface area contributed by atoms with E-state index < -0.39 is 0 Å². The molecule has 1 rings (SSSR count). The third kappa shape index (κ3) is 2.97. The molecule has 1 unspecified atom stereocenters. The van der Waals surface area contributed by atoms with Gasteiger partial charge in [0.05, 0.1) is 6.61 Å². The van der Waals surface area contributed by atoms with Crippen LogP contribution in [0, 0.1) is 0 Å². The van der Waals surface area contributed by atoms with Crippen LogP contribution in [0.15, 0.2) is 0 Å². The Morgan fingerprint density at radius 2 is 2.15 bits per heavy atom. The summed E-state index contributed by atoms with van der Waals surface area (Å²) >= 11 is 0. The second-order valence-corrected chi connectivity index (χ2v) is 3.50. The zero-order chi connectivity index (χ0) is 9.68. The number of piperazine rings is 1. The maximum Gasteiger partial charge on any atom is 0.364 e. The second kappa shape index (κ2) is 5.19. The zero-order valence-corrected chi connectivity index (χ0v) is 8.51. The summed E-state index contributed by atoms with van der Waals surface area (Å²) in [5.41, 5.74) is 0. The average Bonchev–Trinajstić information content (AvgIpc) is 2.18. The van der Waals surface area contributed by atoms with Crippen LogP contribution in [0.4, 0.5) is 0 Å². The van der Waals surface area contributed by atoms with Gasteiger partial charge in [-0.05, 0) is 13.8 Å². The lowest BCUT2D eigenvalue weighted by atomic mass is 10.2. The fraction of sp³-hybridized carbons (Fsp3) is 0.889. The molecule has 0 bridgehead atoms. The fourth-order valence-corrected chi connectivity index (χ4v) is 1.71. The molecule has 0 amide bonds. The summed E-state index contributed by atoms with van der Waals surface area (Å²) in [6.45, 7) is 8.68. The molecule has 0 aliphatic carbocycles. The minimum Gasteiger partial charge on any atom is -0.462 e. The van der Waals surface area contributed by atoms with Crippen molar-refractivity contribution in [3.63, 3.8) is 0 Å². The van der Waals surface area contributed by atoms with Gasteiger partial charge in [0.1, 0.15) is 26.2 Å². The molecule has 1 fully saturated rings. The lowest BCUT2D eigenvalue weighted by molar-refractivity contribution is -0.958. The van der Waals surface area contributed by atoms with Gasteiger partial charge in [-0.15, -0.1) is 0 Å². The lowest BCUT2D eigenvalue weighted by Gasteiger charge is -2.26. The molecule has 0 radical (unpaired) electrons. The molecular formula is C9H20N2O2+2. The Balaban J connectivity index is 2.35. The number of carbonyl (C=O) groups excluding carboxylic acids is 1. The summed E-state index contributed by atoms with van der Waals surface area (Å²) in [5, 5.41) is 2.29. The molecule has 0 saturated carbocycles. The monoisotopic (exact) mass is 188 g/mol. The van der Waals surface area contributed by atoms with Gasteiger partial charge < -0.3 is 15.0 Å². The first-order valence-corrected chi connectivity index (χ1v) is 5.08. The Kier molecular flexibility index (Phi) is 4.18. The zero-order valence-electron chi connectivity index (χ0n) is 8.51. The van der Waals surface area contributed by atoms with Crippen LogP contribution in [-0.2, 0) is 9.53 Å². The van der Waals surface area contributed by atoms with Crippen LogP contribution >= 0.6 is 0 Å². The van der Waals surface area contributed by atoms with Gasteiger partial charge >= 0.3 is 5.97 Å². The lowest BCUT2D eigenvalue weighted by Crippen LogP contribution is -3.23. The van der Waals surface area contributed by atoms with Crippen molar-refractivity contribution in [3.8, 4) is 0 Å². The molecule has 4 heteroatoms.